The van der Waals surface area contributed by atoms with Crippen LogP contribution in [0.25, 0.3) is 0 Å². The fraction of sp³-hybridized carbons (Fsp3) is 0.176. The molecule has 2 N–H and O–H groups in total. The number of carbonyl (C=O) groups is 2. The van der Waals surface area contributed by atoms with Gasteiger partial charge in [0.25, 0.3) is 0 Å². The van der Waals surface area contributed by atoms with Gasteiger partial charge in [-0.15, -0.1) is 0 Å². The summed E-state index contributed by atoms with van der Waals surface area (Å²) in [6.07, 6.45) is 0.195. The Morgan fingerprint density at radius 2 is 1.77 bits per heavy atom. The summed E-state index contributed by atoms with van der Waals surface area (Å²) in [6, 6.07) is 15.5. The summed E-state index contributed by atoms with van der Waals surface area (Å²) in [6.45, 7) is 1.30. The molecular weight excluding hydrogens is 282 g/mol. The van der Waals surface area contributed by atoms with Gasteiger partial charge in [0.1, 0.15) is 17.5 Å². The highest BCUT2D eigenvalue weighted by molar-refractivity contribution is 5.82. The quantitative estimate of drug-likeness (QED) is 0.859. The first-order valence-corrected chi connectivity index (χ1v) is 6.86. The van der Waals surface area contributed by atoms with E-state index in [1.807, 2.05) is 30.3 Å². The normalized spacial score (nSPS) is 11.5. The van der Waals surface area contributed by atoms with Crippen LogP contribution in [0.5, 0.6) is 11.5 Å². The van der Waals surface area contributed by atoms with E-state index in [1.54, 1.807) is 24.3 Å². The van der Waals surface area contributed by atoms with Gasteiger partial charge in [0.15, 0.2) is 0 Å². The minimum Gasteiger partial charge on any atom is -0.480 e. The number of nitrogens with one attached hydrogen (secondary N) is 1. The van der Waals surface area contributed by atoms with Gasteiger partial charge < -0.3 is 15.2 Å². The molecule has 22 heavy (non-hydrogen) atoms. The third-order valence-corrected chi connectivity index (χ3v) is 2.99. The average molecular weight is 299 g/mol. The maximum absolute atomic E-state index is 11.2. The van der Waals surface area contributed by atoms with Crippen LogP contribution in [-0.4, -0.2) is 23.0 Å². The van der Waals surface area contributed by atoms with Crippen molar-refractivity contribution in [2.24, 2.45) is 0 Å². The Labute approximate surface area is 128 Å². The van der Waals surface area contributed by atoms with E-state index in [0.717, 1.165) is 5.56 Å². The summed E-state index contributed by atoms with van der Waals surface area (Å²) in [4.78, 5) is 22.2. The van der Waals surface area contributed by atoms with Crippen LogP contribution >= 0.6 is 0 Å². The van der Waals surface area contributed by atoms with E-state index < -0.39 is 12.0 Å². The van der Waals surface area contributed by atoms with Crippen molar-refractivity contribution in [3.8, 4) is 11.5 Å². The van der Waals surface area contributed by atoms with Crippen molar-refractivity contribution in [1.29, 1.82) is 0 Å². The van der Waals surface area contributed by atoms with Crippen LogP contribution in [0.1, 0.15) is 12.5 Å². The summed E-state index contributed by atoms with van der Waals surface area (Å²) >= 11 is 0. The van der Waals surface area contributed by atoms with Gasteiger partial charge in [-0.1, -0.05) is 30.3 Å². The second kappa shape index (κ2) is 7.26. The Morgan fingerprint density at radius 3 is 2.41 bits per heavy atom. The van der Waals surface area contributed by atoms with Crippen LogP contribution in [0.4, 0.5) is 0 Å². The number of rotatable bonds is 6. The first-order valence-electron chi connectivity index (χ1n) is 6.86. The molecule has 2 rings (SSSR count). The van der Waals surface area contributed by atoms with Crippen molar-refractivity contribution in [1.82, 2.24) is 5.32 Å². The molecule has 114 valence electrons. The average Bonchev–Trinajstić information content (AvgIpc) is 2.47. The van der Waals surface area contributed by atoms with Crippen LogP contribution in [0.3, 0.4) is 0 Å². The molecule has 0 saturated carbocycles. The highest BCUT2D eigenvalue weighted by Crippen LogP contribution is 2.22. The SMILES string of the molecule is CC(=O)N[C@H](Cc1cccc(Oc2ccccc2)c1)C(=O)O. The number of hydrogen-bond donors (Lipinski definition) is 2. The van der Waals surface area contributed by atoms with Gasteiger partial charge in [-0.25, -0.2) is 4.79 Å². The molecule has 2 aromatic rings. The Morgan fingerprint density at radius 1 is 1.09 bits per heavy atom. The molecule has 2 aromatic carbocycles. The number of aliphatic carboxylic acids is 1. The Hall–Kier alpha value is -2.82. The molecule has 0 heterocycles. The number of ether oxygens (including phenoxy) is 1. The Bertz CT molecular complexity index is 655. The van der Waals surface area contributed by atoms with Crippen LogP contribution < -0.4 is 10.1 Å². The van der Waals surface area contributed by atoms with Crippen LogP contribution in [0, 0.1) is 0 Å². The largest absolute Gasteiger partial charge is 0.480 e. The van der Waals surface area contributed by atoms with E-state index in [-0.39, 0.29) is 12.3 Å². The second-order valence-corrected chi connectivity index (χ2v) is 4.86. The molecule has 0 aliphatic carbocycles. The van der Waals surface area contributed by atoms with E-state index in [1.165, 1.54) is 6.92 Å². The van der Waals surface area contributed by atoms with E-state index in [4.69, 9.17) is 9.84 Å². The fourth-order valence-electron chi connectivity index (χ4n) is 2.04. The lowest BCUT2D eigenvalue weighted by Crippen LogP contribution is -2.41. The van der Waals surface area contributed by atoms with Gasteiger partial charge in [-0.2, -0.15) is 0 Å². The summed E-state index contributed by atoms with van der Waals surface area (Å²) in [7, 11) is 0. The lowest BCUT2D eigenvalue weighted by atomic mass is 10.1. The maximum Gasteiger partial charge on any atom is 0.326 e. The minimum absolute atomic E-state index is 0.195. The number of carbonyl (C=O) groups excluding carboxylic acids is 1. The molecule has 0 saturated heterocycles. The molecule has 0 unspecified atom stereocenters. The van der Waals surface area contributed by atoms with Crippen molar-refractivity contribution in [2.75, 3.05) is 0 Å². The summed E-state index contributed by atoms with van der Waals surface area (Å²) in [5.74, 6) is -0.111. The number of carboxylic acid groups (broad SMARTS) is 1. The number of benzene rings is 2. The molecule has 0 aliphatic heterocycles. The van der Waals surface area contributed by atoms with Gasteiger partial charge in [0, 0.05) is 13.3 Å². The predicted molar refractivity (Wildman–Crippen MR) is 81.9 cm³/mol. The van der Waals surface area contributed by atoms with Gasteiger partial charge in [-0.3, -0.25) is 4.79 Å². The minimum atomic E-state index is -1.07. The van der Waals surface area contributed by atoms with Gasteiger partial charge >= 0.3 is 5.97 Å². The van der Waals surface area contributed by atoms with E-state index in [2.05, 4.69) is 5.32 Å². The van der Waals surface area contributed by atoms with E-state index in [0.29, 0.717) is 11.5 Å². The Balaban J connectivity index is 2.10. The zero-order valence-corrected chi connectivity index (χ0v) is 12.2. The predicted octanol–water partition coefficient (Wildman–Crippen LogP) is 2.61. The fourth-order valence-corrected chi connectivity index (χ4v) is 2.04. The standard InChI is InChI=1S/C17H17NO4/c1-12(19)18-16(17(20)21)11-13-6-5-9-15(10-13)22-14-7-3-2-4-8-14/h2-10,16H,11H2,1H3,(H,18,19)(H,20,21)/t16-/m1/s1. The van der Waals surface area contributed by atoms with Crippen molar-refractivity contribution in [2.45, 2.75) is 19.4 Å². The van der Waals surface area contributed by atoms with Crippen molar-refractivity contribution < 1.29 is 19.4 Å². The van der Waals surface area contributed by atoms with Gasteiger partial charge in [0.2, 0.25) is 5.91 Å². The molecule has 0 spiro atoms. The molecular formula is C17H17NO4. The third kappa shape index (κ3) is 4.63. The van der Waals surface area contributed by atoms with Crippen molar-refractivity contribution >= 4 is 11.9 Å². The summed E-state index contributed by atoms with van der Waals surface area (Å²) < 4.78 is 5.71. The molecule has 1 amide bonds. The lowest BCUT2D eigenvalue weighted by molar-refractivity contribution is -0.141. The van der Waals surface area contributed by atoms with E-state index >= 15 is 0 Å². The smallest absolute Gasteiger partial charge is 0.326 e. The van der Waals surface area contributed by atoms with Gasteiger partial charge in [0.05, 0.1) is 0 Å². The number of para-hydroxylation sites is 1. The van der Waals surface area contributed by atoms with E-state index in [9.17, 15) is 9.59 Å². The molecule has 0 radical (unpaired) electrons. The molecule has 5 nitrogen and oxygen atoms in total. The van der Waals surface area contributed by atoms with Crippen LogP contribution in [-0.2, 0) is 16.0 Å². The van der Waals surface area contributed by atoms with Crippen LogP contribution in [0.2, 0.25) is 0 Å². The molecule has 1 atom stereocenters. The number of amides is 1. The zero-order valence-electron chi connectivity index (χ0n) is 12.2. The highest BCUT2D eigenvalue weighted by atomic mass is 16.5. The lowest BCUT2D eigenvalue weighted by Gasteiger charge is -2.14. The summed E-state index contributed by atoms with van der Waals surface area (Å²) in [5, 5.41) is 11.6. The maximum atomic E-state index is 11.2. The highest BCUT2D eigenvalue weighted by Gasteiger charge is 2.18. The van der Waals surface area contributed by atoms with Gasteiger partial charge in [-0.05, 0) is 29.8 Å². The molecule has 0 fully saturated rings. The molecule has 5 heteroatoms. The number of hydrogen-bond acceptors (Lipinski definition) is 3. The van der Waals surface area contributed by atoms with Crippen molar-refractivity contribution in [3.63, 3.8) is 0 Å². The zero-order chi connectivity index (χ0) is 15.9. The van der Waals surface area contributed by atoms with Crippen LogP contribution in [0.15, 0.2) is 54.6 Å². The molecule has 0 bridgehead atoms. The topological polar surface area (TPSA) is 75.6 Å². The molecule has 0 aliphatic rings. The third-order valence-electron chi connectivity index (χ3n) is 2.99. The first-order chi connectivity index (χ1) is 10.5. The molecule has 0 aromatic heterocycles. The Kier molecular flexibility index (Phi) is 5.14. The monoisotopic (exact) mass is 299 g/mol. The number of carboxylic acids is 1. The summed E-state index contributed by atoms with van der Waals surface area (Å²) in [5.41, 5.74) is 0.773. The first kappa shape index (κ1) is 15.6. The van der Waals surface area contributed by atoms with Crippen molar-refractivity contribution in [3.05, 3.63) is 60.2 Å². The second-order valence-electron chi connectivity index (χ2n) is 4.86.